The molecule has 0 unspecified atom stereocenters. The van der Waals surface area contributed by atoms with Crippen LogP contribution in [0.4, 0.5) is 0 Å². The lowest BCUT2D eigenvalue weighted by Gasteiger charge is -2.16. The van der Waals surface area contributed by atoms with Gasteiger partial charge in [-0.3, -0.25) is 9.59 Å². The summed E-state index contributed by atoms with van der Waals surface area (Å²) in [5.74, 6) is -0.422. The van der Waals surface area contributed by atoms with E-state index in [-0.39, 0.29) is 12.3 Å². The van der Waals surface area contributed by atoms with Gasteiger partial charge >= 0.3 is 0 Å². The van der Waals surface area contributed by atoms with Crippen molar-refractivity contribution in [3.05, 3.63) is 64.7 Å². The van der Waals surface area contributed by atoms with Crippen molar-refractivity contribution >= 4 is 23.4 Å². The minimum atomic E-state index is -0.827. The minimum absolute atomic E-state index is 0.248. The van der Waals surface area contributed by atoms with Crippen LogP contribution < -0.4 is 15.8 Å². The minimum Gasteiger partial charge on any atom is -0.495 e. The van der Waals surface area contributed by atoms with Gasteiger partial charge < -0.3 is 15.8 Å². The third kappa shape index (κ3) is 4.47. The molecule has 0 fully saturated rings. The molecule has 2 aromatic rings. The van der Waals surface area contributed by atoms with Gasteiger partial charge in [-0.05, 0) is 29.8 Å². The molecule has 0 aliphatic rings. The Labute approximate surface area is 139 Å². The summed E-state index contributed by atoms with van der Waals surface area (Å²) in [5.41, 5.74) is 6.63. The van der Waals surface area contributed by atoms with Crippen LogP contribution in [0.1, 0.15) is 15.9 Å². The lowest BCUT2D eigenvalue weighted by atomic mass is 10.0. The largest absolute Gasteiger partial charge is 0.495 e. The van der Waals surface area contributed by atoms with E-state index in [9.17, 15) is 9.59 Å². The quantitative estimate of drug-likeness (QED) is 0.850. The summed E-state index contributed by atoms with van der Waals surface area (Å²) in [6.45, 7) is 0. The van der Waals surface area contributed by atoms with Gasteiger partial charge in [-0.15, -0.1) is 0 Å². The number of primary amides is 1. The number of ether oxygens (including phenoxy) is 1. The summed E-state index contributed by atoms with van der Waals surface area (Å²) in [4.78, 5) is 23.8. The fourth-order valence-corrected chi connectivity index (χ4v) is 2.41. The van der Waals surface area contributed by atoms with E-state index in [2.05, 4.69) is 5.32 Å². The molecule has 6 heteroatoms. The highest BCUT2D eigenvalue weighted by Crippen LogP contribution is 2.25. The Hall–Kier alpha value is -2.53. The van der Waals surface area contributed by atoms with Gasteiger partial charge in [-0.1, -0.05) is 35.9 Å². The number of nitrogens with two attached hydrogens (primary N) is 1. The van der Waals surface area contributed by atoms with E-state index in [1.807, 2.05) is 6.07 Å². The van der Waals surface area contributed by atoms with Crippen LogP contribution in [0.15, 0.2) is 48.5 Å². The summed E-state index contributed by atoms with van der Waals surface area (Å²) in [5, 5.41) is 3.07. The molecule has 0 aliphatic carbocycles. The monoisotopic (exact) mass is 332 g/mol. The van der Waals surface area contributed by atoms with Crippen LogP contribution in [0.5, 0.6) is 5.75 Å². The zero-order valence-corrected chi connectivity index (χ0v) is 13.3. The maximum atomic E-state index is 12.2. The number of halogens is 1. The number of carbonyl (C=O) groups is 2. The van der Waals surface area contributed by atoms with Gasteiger partial charge in [0, 0.05) is 12.0 Å². The van der Waals surface area contributed by atoms with E-state index in [0.29, 0.717) is 16.3 Å². The van der Waals surface area contributed by atoms with Crippen molar-refractivity contribution in [3.8, 4) is 5.75 Å². The summed E-state index contributed by atoms with van der Waals surface area (Å²) >= 11 is 6.07. The molecule has 0 aliphatic heterocycles. The Balaban J connectivity index is 2.12. The van der Waals surface area contributed by atoms with Crippen LogP contribution in [-0.4, -0.2) is 25.0 Å². The maximum Gasteiger partial charge on any atom is 0.251 e. The first-order valence-corrected chi connectivity index (χ1v) is 7.36. The van der Waals surface area contributed by atoms with Crippen molar-refractivity contribution < 1.29 is 14.3 Å². The smallest absolute Gasteiger partial charge is 0.251 e. The van der Waals surface area contributed by atoms with Crippen LogP contribution >= 0.6 is 11.6 Å². The first kappa shape index (κ1) is 16.8. The van der Waals surface area contributed by atoms with Gasteiger partial charge in [0.05, 0.1) is 12.1 Å². The Bertz CT molecular complexity index is 704. The zero-order chi connectivity index (χ0) is 16.8. The highest BCUT2D eigenvalue weighted by molar-refractivity contribution is 6.32. The van der Waals surface area contributed by atoms with E-state index in [1.165, 1.54) is 7.11 Å². The van der Waals surface area contributed by atoms with Gasteiger partial charge in [0.1, 0.15) is 11.8 Å². The molecule has 0 radical (unpaired) electrons. The van der Waals surface area contributed by atoms with E-state index in [1.54, 1.807) is 42.5 Å². The topological polar surface area (TPSA) is 81.4 Å². The molecule has 23 heavy (non-hydrogen) atoms. The van der Waals surface area contributed by atoms with E-state index in [0.717, 1.165) is 5.56 Å². The highest BCUT2D eigenvalue weighted by atomic mass is 35.5. The number of hydrogen-bond acceptors (Lipinski definition) is 3. The maximum absolute atomic E-state index is 12.2. The third-order valence-corrected chi connectivity index (χ3v) is 3.64. The average molecular weight is 333 g/mol. The lowest BCUT2D eigenvalue weighted by Crippen LogP contribution is -2.45. The number of carbonyl (C=O) groups excluding carboxylic acids is 2. The van der Waals surface area contributed by atoms with Crippen LogP contribution in [-0.2, 0) is 11.2 Å². The van der Waals surface area contributed by atoms with Crippen molar-refractivity contribution in [2.24, 2.45) is 5.73 Å². The first-order valence-electron chi connectivity index (χ1n) is 6.99. The zero-order valence-electron chi connectivity index (χ0n) is 12.6. The summed E-state index contributed by atoms with van der Waals surface area (Å²) in [6.07, 6.45) is 0.248. The molecule has 0 saturated carbocycles. The number of nitrogens with one attached hydrogen (secondary N) is 1. The first-order chi connectivity index (χ1) is 11.0. The van der Waals surface area contributed by atoms with Crippen LogP contribution in [0.25, 0.3) is 0 Å². The predicted molar refractivity (Wildman–Crippen MR) is 88.6 cm³/mol. The Morgan fingerprint density at radius 1 is 1.22 bits per heavy atom. The molecular formula is C17H17ClN2O3. The van der Waals surface area contributed by atoms with Crippen LogP contribution in [0.2, 0.25) is 5.02 Å². The summed E-state index contributed by atoms with van der Waals surface area (Å²) in [7, 11) is 1.52. The van der Waals surface area contributed by atoms with Crippen molar-refractivity contribution in [2.45, 2.75) is 12.5 Å². The highest BCUT2D eigenvalue weighted by Gasteiger charge is 2.19. The fraction of sp³-hybridized carbons (Fsp3) is 0.176. The molecule has 1 atom stereocenters. The Morgan fingerprint density at radius 3 is 2.48 bits per heavy atom. The Morgan fingerprint density at radius 2 is 1.91 bits per heavy atom. The third-order valence-electron chi connectivity index (χ3n) is 3.34. The molecule has 0 spiro atoms. The normalized spacial score (nSPS) is 11.6. The summed E-state index contributed by atoms with van der Waals surface area (Å²) < 4.78 is 5.08. The molecule has 2 aromatic carbocycles. The van der Waals surface area contributed by atoms with Crippen molar-refractivity contribution in [1.82, 2.24) is 5.32 Å². The van der Waals surface area contributed by atoms with Crippen molar-refractivity contribution in [3.63, 3.8) is 0 Å². The second kappa shape index (κ2) is 7.65. The molecule has 3 N–H and O–H groups in total. The lowest BCUT2D eigenvalue weighted by molar-refractivity contribution is -0.119. The second-order valence-electron chi connectivity index (χ2n) is 4.97. The Kier molecular flexibility index (Phi) is 5.60. The van der Waals surface area contributed by atoms with Gasteiger partial charge in [-0.25, -0.2) is 0 Å². The molecule has 2 amide bonds. The molecule has 5 nitrogen and oxygen atoms in total. The van der Waals surface area contributed by atoms with Crippen molar-refractivity contribution in [1.29, 1.82) is 0 Å². The summed E-state index contributed by atoms with van der Waals surface area (Å²) in [6, 6.07) is 13.0. The van der Waals surface area contributed by atoms with E-state index >= 15 is 0 Å². The van der Waals surface area contributed by atoms with Gasteiger partial charge in [0.15, 0.2) is 0 Å². The molecular weight excluding hydrogens is 316 g/mol. The van der Waals surface area contributed by atoms with E-state index in [4.69, 9.17) is 22.1 Å². The predicted octanol–water partition coefficient (Wildman–Crippen LogP) is 2.17. The molecule has 120 valence electrons. The second-order valence-corrected chi connectivity index (χ2v) is 5.37. The average Bonchev–Trinajstić information content (AvgIpc) is 2.55. The number of benzene rings is 2. The molecule has 0 saturated heterocycles. The van der Waals surface area contributed by atoms with Crippen LogP contribution in [0, 0.1) is 0 Å². The SMILES string of the molecule is COc1ccc(C[C@H](NC(=O)c2ccccc2)C(N)=O)cc1Cl. The fourth-order valence-electron chi connectivity index (χ4n) is 2.13. The van der Waals surface area contributed by atoms with Gasteiger partial charge in [0.2, 0.25) is 5.91 Å². The van der Waals surface area contributed by atoms with Gasteiger partial charge in [0.25, 0.3) is 5.91 Å². The number of hydrogen-bond donors (Lipinski definition) is 2. The molecule has 0 bridgehead atoms. The number of rotatable bonds is 6. The number of amides is 2. The van der Waals surface area contributed by atoms with Crippen LogP contribution in [0.3, 0.4) is 0 Å². The molecule has 0 heterocycles. The van der Waals surface area contributed by atoms with Crippen molar-refractivity contribution in [2.75, 3.05) is 7.11 Å². The van der Waals surface area contributed by atoms with Gasteiger partial charge in [-0.2, -0.15) is 0 Å². The number of methoxy groups -OCH3 is 1. The standard InChI is InChI=1S/C17H17ClN2O3/c1-23-15-8-7-11(9-13(15)18)10-14(16(19)21)20-17(22)12-5-3-2-4-6-12/h2-9,14H,10H2,1H3,(H2,19,21)(H,20,22)/t14-/m0/s1. The molecule has 0 aromatic heterocycles. The molecule has 2 rings (SSSR count). The van der Waals surface area contributed by atoms with E-state index < -0.39 is 11.9 Å².